The molecule has 0 radical (unpaired) electrons. The van der Waals surface area contributed by atoms with E-state index < -0.39 is 11.6 Å². The summed E-state index contributed by atoms with van der Waals surface area (Å²) in [4.78, 5) is 14.0. The van der Waals surface area contributed by atoms with E-state index in [0.717, 1.165) is 32.7 Å². The first-order chi connectivity index (χ1) is 14.1. The van der Waals surface area contributed by atoms with Gasteiger partial charge < -0.3 is 14.8 Å². The molecule has 0 aliphatic carbocycles. The first kappa shape index (κ1) is 19.5. The Labute approximate surface area is 171 Å². The largest absolute Gasteiger partial charge is 0.467 e. The van der Waals surface area contributed by atoms with Crippen LogP contribution in [0.15, 0.2) is 48.5 Å². The lowest BCUT2D eigenvalue weighted by atomic mass is 10.0. The number of benzene rings is 2. The monoisotopic (exact) mass is 415 g/mol. The number of nitrogens with one attached hydrogen (secondary N) is 1. The minimum atomic E-state index is -0.871. The Hall–Kier alpha value is -2.77. The molecule has 0 saturated carbocycles. The molecule has 0 bridgehead atoms. The van der Waals surface area contributed by atoms with Gasteiger partial charge in [0.05, 0.1) is 13.2 Å². The fourth-order valence-corrected chi connectivity index (χ4v) is 4.14. The van der Waals surface area contributed by atoms with Crippen LogP contribution in [0.2, 0.25) is 0 Å². The highest BCUT2D eigenvalue weighted by Crippen LogP contribution is 2.29. The van der Waals surface area contributed by atoms with Crippen LogP contribution in [0.4, 0.5) is 8.78 Å². The molecule has 7 heteroatoms. The minimum Gasteiger partial charge on any atom is -0.467 e. The molecule has 2 heterocycles. The van der Waals surface area contributed by atoms with Crippen molar-refractivity contribution in [3.63, 3.8) is 0 Å². The standard InChI is InChI=1S/C22H19F2NO3S/c23-18-7-4-15(10-19(18)24)21-8-6-16(29-21)11-25-22(26)9-5-14-2-1-3-20-17(14)12-27-13-28-20/h1-4,6-8,10H,5,9,11-13H2,(H,25,26). The third-order valence-electron chi connectivity index (χ3n) is 4.72. The number of thiophene rings is 1. The molecule has 0 saturated heterocycles. The van der Waals surface area contributed by atoms with Gasteiger partial charge in [-0.3, -0.25) is 4.79 Å². The molecule has 29 heavy (non-hydrogen) atoms. The number of carbonyl (C=O) groups excluding carboxylic acids is 1. The van der Waals surface area contributed by atoms with Crippen molar-refractivity contribution in [1.29, 1.82) is 0 Å². The summed E-state index contributed by atoms with van der Waals surface area (Å²) in [7, 11) is 0. The average molecular weight is 415 g/mol. The van der Waals surface area contributed by atoms with Gasteiger partial charge in [-0.25, -0.2) is 8.78 Å². The Balaban J connectivity index is 1.31. The normalized spacial score (nSPS) is 12.9. The second-order valence-corrected chi connectivity index (χ2v) is 7.84. The first-order valence-electron chi connectivity index (χ1n) is 9.22. The van der Waals surface area contributed by atoms with Gasteiger partial charge in [0.2, 0.25) is 5.91 Å². The van der Waals surface area contributed by atoms with Gasteiger partial charge in [-0.2, -0.15) is 0 Å². The molecule has 0 spiro atoms. The molecule has 0 unspecified atom stereocenters. The summed E-state index contributed by atoms with van der Waals surface area (Å²) in [5.41, 5.74) is 2.67. The van der Waals surface area contributed by atoms with Crippen LogP contribution in [0, 0.1) is 11.6 Å². The van der Waals surface area contributed by atoms with Crippen molar-refractivity contribution in [1.82, 2.24) is 5.32 Å². The van der Waals surface area contributed by atoms with Crippen molar-refractivity contribution in [2.75, 3.05) is 6.79 Å². The number of rotatable bonds is 6. The van der Waals surface area contributed by atoms with Crippen LogP contribution in [0.5, 0.6) is 5.75 Å². The molecule has 0 fully saturated rings. The number of fused-ring (bicyclic) bond motifs is 1. The molecular formula is C22H19F2NO3S. The summed E-state index contributed by atoms with van der Waals surface area (Å²) in [6, 6.07) is 13.4. The molecule has 1 N–H and O–H groups in total. The van der Waals surface area contributed by atoms with Crippen LogP contribution in [0.3, 0.4) is 0 Å². The quantitative estimate of drug-likeness (QED) is 0.629. The van der Waals surface area contributed by atoms with Crippen molar-refractivity contribution < 1.29 is 23.0 Å². The highest BCUT2D eigenvalue weighted by Gasteiger charge is 2.15. The number of aryl methyl sites for hydroxylation is 1. The van der Waals surface area contributed by atoms with Gasteiger partial charge in [-0.15, -0.1) is 11.3 Å². The second kappa shape index (κ2) is 8.71. The maximum Gasteiger partial charge on any atom is 0.220 e. The topological polar surface area (TPSA) is 47.6 Å². The maximum absolute atomic E-state index is 13.4. The van der Waals surface area contributed by atoms with Crippen LogP contribution in [-0.2, 0) is 29.1 Å². The maximum atomic E-state index is 13.4. The Bertz CT molecular complexity index is 1030. The smallest absolute Gasteiger partial charge is 0.220 e. The molecule has 2 aromatic carbocycles. The number of ether oxygens (including phenoxy) is 2. The van der Waals surface area contributed by atoms with Gasteiger partial charge in [-0.05, 0) is 47.9 Å². The SMILES string of the molecule is O=C(CCc1cccc2c1COCO2)NCc1ccc(-c2ccc(F)c(F)c2)s1. The zero-order chi connectivity index (χ0) is 20.2. The molecule has 150 valence electrons. The van der Waals surface area contributed by atoms with E-state index in [1.54, 1.807) is 6.07 Å². The molecule has 4 nitrogen and oxygen atoms in total. The number of hydrogen-bond donors (Lipinski definition) is 1. The Morgan fingerprint density at radius 3 is 2.86 bits per heavy atom. The van der Waals surface area contributed by atoms with E-state index in [-0.39, 0.29) is 12.7 Å². The molecule has 3 aromatic rings. The molecule has 1 aliphatic rings. The molecular weight excluding hydrogens is 396 g/mol. The highest BCUT2D eigenvalue weighted by molar-refractivity contribution is 7.15. The molecule has 0 atom stereocenters. The van der Waals surface area contributed by atoms with Crippen molar-refractivity contribution in [3.8, 4) is 16.2 Å². The van der Waals surface area contributed by atoms with E-state index in [2.05, 4.69) is 5.32 Å². The first-order valence-corrected chi connectivity index (χ1v) is 10.0. The third kappa shape index (κ3) is 4.63. The van der Waals surface area contributed by atoms with Crippen LogP contribution >= 0.6 is 11.3 Å². The Morgan fingerprint density at radius 1 is 1.10 bits per heavy atom. The van der Waals surface area contributed by atoms with Gasteiger partial charge >= 0.3 is 0 Å². The second-order valence-electron chi connectivity index (χ2n) is 6.68. The molecule has 4 rings (SSSR count). The summed E-state index contributed by atoms with van der Waals surface area (Å²) < 4.78 is 37.3. The van der Waals surface area contributed by atoms with Crippen LogP contribution in [-0.4, -0.2) is 12.7 Å². The summed E-state index contributed by atoms with van der Waals surface area (Å²) in [6.07, 6.45) is 0.962. The molecule has 1 amide bonds. The fourth-order valence-electron chi connectivity index (χ4n) is 3.19. The Kier molecular flexibility index (Phi) is 5.87. The zero-order valence-corrected chi connectivity index (χ0v) is 16.4. The molecule has 1 aliphatic heterocycles. The lowest BCUT2D eigenvalue weighted by molar-refractivity contribution is -0.121. The lowest BCUT2D eigenvalue weighted by Crippen LogP contribution is -2.23. The van der Waals surface area contributed by atoms with Crippen molar-refractivity contribution >= 4 is 17.2 Å². The van der Waals surface area contributed by atoms with Gasteiger partial charge in [0.1, 0.15) is 5.75 Å². The summed E-state index contributed by atoms with van der Waals surface area (Å²) in [6.45, 7) is 1.14. The number of hydrogen-bond acceptors (Lipinski definition) is 4. The number of halogens is 2. The fraction of sp³-hybridized carbons (Fsp3) is 0.227. The van der Waals surface area contributed by atoms with Crippen molar-refractivity contribution in [2.45, 2.75) is 26.0 Å². The van der Waals surface area contributed by atoms with Gasteiger partial charge in [0.15, 0.2) is 18.4 Å². The van der Waals surface area contributed by atoms with E-state index in [1.165, 1.54) is 17.4 Å². The third-order valence-corrected chi connectivity index (χ3v) is 5.86. The summed E-state index contributed by atoms with van der Waals surface area (Å²) in [5.74, 6) is -0.971. The van der Waals surface area contributed by atoms with Crippen LogP contribution < -0.4 is 10.1 Å². The van der Waals surface area contributed by atoms with Gasteiger partial charge in [0, 0.05) is 21.7 Å². The average Bonchev–Trinajstić information content (AvgIpc) is 3.22. The highest BCUT2D eigenvalue weighted by atomic mass is 32.1. The zero-order valence-electron chi connectivity index (χ0n) is 15.5. The Morgan fingerprint density at radius 2 is 2.00 bits per heavy atom. The van der Waals surface area contributed by atoms with E-state index in [0.29, 0.717) is 31.6 Å². The predicted octanol–water partition coefficient (Wildman–Crippen LogP) is 4.81. The number of amides is 1. The van der Waals surface area contributed by atoms with E-state index in [9.17, 15) is 13.6 Å². The minimum absolute atomic E-state index is 0.0528. The van der Waals surface area contributed by atoms with Crippen LogP contribution in [0.25, 0.3) is 10.4 Å². The predicted molar refractivity (Wildman–Crippen MR) is 107 cm³/mol. The summed E-state index contributed by atoms with van der Waals surface area (Å²) >= 11 is 1.44. The van der Waals surface area contributed by atoms with Gasteiger partial charge in [0.25, 0.3) is 0 Å². The van der Waals surface area contributed by atoms with Gasteiger partial charge in [-0.1, -0.05) is 18.2 Å². The van der Waals surface area contributed by atoms with E-state index >= 15 is 0 Å². The number of carbonyl (C=O) groups is 1. The van der Waals surface area contributed by atoms with E-state index in [4.69, 9.17) is 9.47 Å². The summed E-state index contributed by atoms with van der Waals surface area (Å²) in [5, 5.41) is 2.91. The molecule has 1 aromatic heterocycles. The van der Waals surface area contributed by atoms with Crippen molar-refractivity contribution in [2.24, 2.45) is 0 Å². The lowest BCUT2D eigenvalue weighted by Gasteiger charge is -2.20. The van der Waals surface area contributed by atoms with Crippen LogP contribution in [0.1, 0.15) is 22.4 Å². The van der Waals surface area contributed by atoms with Crippen molar-refractivity contribution in [3.05, 3.63) is 76.2 Å². The van der Waals surface area contributed by atoms with E-state index in [1.807, 2.05) is 30.3 Å².